The van der Waals surface area contributed by atoms with Crippen LogP contribution in [-0.2, 0) is 15.6 Å². The molecule has 0 bridgehead atoms. The van der Waals surface area contributed by atoms with Gasteiger partial charge in [0.1, 0.15) is 5.58 Å². The molecule has 162 valence electrons. The highest BCUT2D eigenvalue weighted by molar-refractivity contribution is 5.88. The Morgan fingerprint density at radius 1 is 1.16 bits per heavy atom. The highest BCUT2D eigenvalue weighted by atomic mass is 16.4. The lowest BCUT2D eigenvalue weighted by Gasteiger charge is -2.29. The molecular weight excluding hydrogens is 390 g/mol. The number of furan rings is 1. The Labute approximate surface area is 181 Å². The number of benzene rings is 1. The molecule has 0 saturated carbocycles. The first-order valence-corrected chi connectivity index (χ1v) is 10.7. The van der Waals surface area contributed by atoms with Gasteiger partial charge in [0.15, 0.2) is 5.65 Å². The van der Waals surface area contributed by atoms with Crippen molar-refractivity contribution in [2.75, 3.05) is 0 Å². The van der Waals surface area contributed by atoms with Crippen molar-refractivity contribution in [2.45, 2.75) is 65.2 Å². The van der Waals surface area contributed by atoms with Crippen molar-refractivity contribution >= 4 is 22.6 Å². The zero-order valence-corrected chi connectivity index (χ0v) is 19.0. The van der Waals surface area contributed by atoms with Crippen LogP contribution >= 0.6 is 0 Å². The number of nitrogens with zero attached hydrogens (tertiary/aromatic N) is 3. The van der Waals surface area contributed by atoms with Gasteiger partial charge in [-0.3, -0.25) is 4.79 Å². The molecule has 0 saturated heterocycles. The van der Waals surface area contributed by atoms with Crippen molar-refractivity contribution in [1.29, 1.82) is 0 Å². The molecule has 4 rings (SSSR count). The van der Waals surface area contributed by atoms with Gasteiger partial charge in [0.2, 0.25) is 0 Å². The molecule has 1 unspecified atom stereocenters. The van der Waals surface area contributed by atoms with Crippen LogP contribution in [0.3, 0.4) is 0 Å². The van der Waals surface area contributed by atoms with Crippen molar-refractivity contribution in [3.63, 3.8) is 0 Å². The van der Waals surface area contributed by atoms with Gasteiger partial charge in [-0.15, -0.1) is 0 Å². The summed E-state index contributed by atoms with van der Waals surface area (Å²) in [5.41, 5.74) is 4.27. The first kappa shape index (κ1) is 21.1. The molecule has 3 aromatic heterocycles. The number of fused-ring (bicyclic) bond motifs is 2. The van der Waals surface area contributed by atoms with E-state index in [-0.39, 0.29) is 5.41 Å². The van der Waals surface area contributed by atoms with Gasteiger partial charge in [0.05, 0.1) is 23.1 Å². The molecule has 31 heavy (non-hydrogen) atoms. The summed E-state index contributed by atoms with van der Waals surface area (Å²) in [5, 5.41) is 16.1. The van der Waals surface area contributed by atoms with Crippen LogP contribution in [0, 0.1) is 6.92 Å². The fourth-order valence-electron chi connectivity index (χ4n) is 4.37. The summed E-state index contributed by atoms with van der Waals surface area (Å²) >= 11 is 0. The molecule has 6 heteroatoms. The molecule has 3 heterocycles. The van der Waals surface area contributed by atoms with Gasteiger partial charge in [-0.25, -0.2) is 9.50 Å². The number of rotatable bonds is 5. The maximum atomic E-state index is 12.5. The highest BCUT2D eigenvalue weighted by Crippen LogP contribution is 2.40. The van der Waals surface area contributed by atoms with Gasteiger partial charge in [-0.05, 0) is 44.5 Å². The Balaban J connectivity index is 2.14. The van der Waals surface area contributed by atoms with Crippen LogP contribution in [0.5, 0.6) is 0 Å². The standard InChI is InChI=1S/C25H29N3O3/c1-7-11-25(6,23(29)30)21-15(2)26-20-14-19(24(3,4)5)27-28(20)22(21)17-8-9-18-16(13-17)10-12-31-18/h8-10,12-14H,7,11H2,1-6H3,(H,29,30). The quantitative estimate of drug-likeness (QED) is 0.436. The summed E-state index contributed by atoms with van der Waals surface area (Å²) in [4.78, 5) is 17.3. The van der Waals surface area contributed by atoms with E-state index in [0.717, 1.165) is 40.0 Å². The molecule has 0 radical (unpaired) electrons. The third kappa shape index (κ3) is 3.40. The Morgan fingerprint density at radius 2 is 1.90 bits per heavy atom. The van der Waals surface area contributed by atoms with Crippen LogP contribution in [0.2, 0.25) is 0 Å². The Hall–Kier alpha value is -3.15. The van der Waals surface area contributed by atoms with E-state index in [1.807, 2.05) is 48.7 Å². The Bertz CT molecular complexity index is 1290. The zero-order chi connectivity index (χ0) is 22.6. The Kier molecular flexibility index (Phi) is 4.91. The molecule has 0 amide bonds. The predicted octanol–water partition coefficient (Wildman–Crippen LogP) is 5.89. The molecule has 1 N–H and O–H groups in total. The summed E-state index contributed by atoms with van der Waals surface area (Å²) in [6, 6.07) is 9.83. The molecule has 0 aliphatic carbocycles. The fraction of sp³-hybridized carbons (Fsp3) is 0.400. The van der Waals surface area contributed by atoms with Gasteiger partial charge in [0, 0.05) is 33.7 Å². The summed E-state index contributed by atoms with van der Waals surface area (Å²) in [6.07, 6.45) is 2.91. The molecule has 0 aliphatic rings. The van der Waals surface area contributed by atoms with E-state index in [4.69, 9.17) is 14.5 Å². The maximum absolute atomic E-state index is 12.5. The Morgan fingerprint density at radius 3 is 2.55 bits per heavy atom. The van der Waals surface area contributed by atoms with Crippen LogP contribution in [0.4, 0.5) is 0 Å². The lowest BCUT2D eigenvalue weighted by atomic mass is 9.76. The average molecular weight is 420 g/mol. The van der Waals surface area contributed by atoms with Crippen molar-refractivity contribution < 1.29 is 14.3 Å². The van der Waals surface area contributed by atoms with Crippen LogP contribution in [0.25, 0.3) is 27.9 Å². The first-order chi connectivity index (χ1) is 14.6. The molecule has 0 aliphatic heterocycles. The summed E-state index contributed by atoms with van der Waals surface area (Å²) in [5.74, 6) is -0.854. The van der Waals surface area contributed by atoms with Crippen LogP contribution < -0.4 is 0 Å². The van der Waals surface area contributed by atoms with Gasteiger partial charge in [-0.2, -0.15) is 5.10 Å². The van der Waals surface area contributed by atoms with Gasteiger partial charge in [-0.1, -0.05) is 34.1 Å². The van der Waals surface area contributed by atoms with Gasteiger partial charge < -0.3 is 9.52 Å². The van der Waals surface area contributed by atoms with E-state index in [2.05, 4.69) is 20.8 Å². The highest BCUT2D eigenvalue weighted by Gasteiger charge is 2.40. The molecule has 1 atom stereocenters. The zero-order valence-electron chi connectivity index (χ0n) is 19.0. The molecule has 0 spiro atoms. The van der Waals surface area contributed by atoms with Gasteiger partial charge >= 0.3 is 5.97 Å². The second-order valence-electron chi connectivity index (χ2n) is 9.53. The number of hydrogen-bond acceptors (Lipinski definition) is 4. The third-order valence-electron chi connectivity index (χ3n) is 6.05. The number of carboxylic acids is 1. The molecular formula is C25H29N3O3. The summed E-state index contributed by atoms with van der Waals surface area (Å²) < 4.78 is 7.33. The smallest absolute Gasteiger partial charge is 0.313 e. The lowest BCUT2D eigenvalue weighted by molar-refractivity contribution is -0.143. The minimum atomic E-state index is -1.09. The van der Waals surface area contributed by atoms with E-state index in [9.17, 15) is 9.90 Å². The number of aromatic nitrogens is 3. The monoisotopic (exact) mass is 419 g/mol. The maximum Gasteiger partial charge on any atom is 0.313 e. The molecule has 6 nitrogen and oxygen atoms in total. The van der Waals surface area contributed by atoms with Crippen molar-refractivity contribution in [3.05, 3.63) is 53.5 Å². The lowest BCUT2D eigenvalue weighted by Crippen LogP contribution is -2.35. The number of aryl methyl sites for hydroxylation is 1. The third-order valence-corrected chi connectivity index (χ3v) is 6.05. The number of carbonyl (C=O) groups is 1. The number of hydrogen-bond donors (Lipinski definition) is 1. The fourth-order valence-corrected chi connectivity index (χ4v) is 4.37. The molecule has 0 fully saturated rings. The van der Waals surface area contributed by atoms with Gasteiger partial charge in [0.25, 0.3) is 0 Å². The minimum Gasteiger partial charge on any atom is -0.481 e. The first-order valence-electron chi connectivity index (χ1n) is 10.7. The van der Waals surface area contributed by atoms with E-state index in [1.165, 1.54) is 0 Å². The number of carboxylic acid groups (broad SMARTS) is 1. The largest absolute Gasteiger partial charge is 0.481 e. The van der Waals surface area contributed by atoms with Crippen molar-refractivity contribution in [1.82, 2.24) is 14.6 Å². The van der Waals surface area contributed by atoms with E-state index in [0.29, 0.717) is 17.7 Å². The number of aliphatic carboxylic acids is 1. The van der Waals surface area contributed by atoms with Crippen molar-refractivity contribution in [3.8, 4) is 11.3 Å². The summed E-state index contributed by atoms with van der Waals surface area (Å²) in [6.45, 7) is 12.0. The van der Waals surface area contributed by atoms with Crippen LogP contribution in [-0.4, -0.2) is 25.7 Å². The molecule has 1 aromatic carbocycles. The molecule has 4 aromatic rings. The second kappa shape index (κ2) is 7.22. The van der Waals surface area contributed by atoms with E-state index in [1.54, 1.807) is 13.2 Å². The SMILES string of the molecule is CCCC(C)(C(=O)O)c1c(C)nc2cc(C(C)(C)C)nn2c1-c1ccc2occc2c1. The van der Waals surface area contributed by atoms with Crippen LogP contribution in [0.1, 0.15) is 64.4 Å². The topological polar surface area (TPSA) is 80.6 Å². The van der Waals surface area contributed by atoms with Crippen LogP contribution in [0.15, 0.2) is 41.0 Å². The average Bonchev–Trinajstić information content (AvgIpc) is 3.32. The van der Waals surface area contributed by atoms with E-state index < -0.39 is 11.4 Å². The normalized spacial score (nSPS) is 14.3. The predicted molar refractivity (Wildman–Crippen MR) is 122 cm³/mol. The summed E-state index contributed by atoms with van der Waals surface area (Å²) in [7, 11) is 0. The minimum absolute atomic E-state index is 0.160. The van der Waals surface area contributed by atoms with E-state index >= 15 is 0 Å². The van der Waals surface area contributed by atoms with Crippen molar-refractivity contribution in [2.24, 2.45) is 0 Å². The second-order valence-corrected chi connectivity index (χ2v) is 9.53.